The average Bonchev–Trinajstić information content (AvgIpc) is 3.36. The summed E-state index contributed by atoms with van der Waals surface area (Å²) in [5, 5.41) is 4.67. The number of sulfonamides is 1. The van der Waals surface area contributed by atoms with Gasteiger partial charge >= 0.3 is 5.97 Å². The van der Waals surface area contributed by atoms with Gasteiger partial charge in [-0.25, -0.2) is 13.2 Å². The van der Waals surface area contributed by atoms with Crippen molar-refractivity contribution in [3.63, 3.8) is 0 Å². The molecule has 2 aromatic carbocycles. The second-order valence-corrected chi connectivity index (χ2v) is 10.7. The normalized spacial score (nSPS) is 16.3. The maximum absolute atomic E-state index is 12.6. The third kappa shape index (κ3) is 5.43. The van der Waals surface area contributed by atoms with Crippen molar-refractivity contribution in [3.05, 3.63) is 82.7 Å². The first-order valence-electron chi connectivity index (χ1n) is 10.6. The number of carbonyl (C=O) groups excluding carboxylic acids is 2. The lowest BCUT2D eigenvalue weighted by atomic mass is 9.87. The number of hydrogen-bond donors (Lipinski definition) is 2. The van der Waals surface area contributed by atoms with Crippen LogP contribution in [0.25, 0.3) is 0 Å². The molecule has 7 nitrogen and oxygen atoms in total. The summed E-state index contributed by atoms with van der Waals surface area (Å²) >= 11 is 1.11. The summed E-state index contributed by atoms with van der Waals surface area (Å²) < 4.78 is 32.6. The molecule has 0 bridgehead atoms. The van der Waals surface area contributed by atoms with Crippen molar-refractivity contribution < 1.29 is 22.7 Å². The van der Waals surface area contributed by atoms with Crippen LogP contribution in [0.5, 0.6) is 0 Å². The van der Waals surface area contributed by atoms with E-state index in [-0.39, 0.29) is 21.7 Å². The fourth-order valence-electron chi connectivity index (χ4n) is 3.77. The highest BCUT2D eigenvalue weighted by molar-refractivity contribution is 7.94. The SMILES string of the molecule is C[C@@H](OC(=O)c1ccc(NS(=O)(=O)c2cccs2)cc1)C(=O)N[C@@H]1CCCc2ccccc21. The number of benzene rings is 2. The molecule has 0 unspecified atom stereocenters. The number of anilines is 1. The van der Waals surface area contributed by atoms with Crippen molar-refractivity contribution in [1.29, 1.82) is 0 Å². The van der Waals surface area contributed by atoms with Crippen molar-refractivity contribution in [3.8, 4) is 0 Å². The smallest absolute Gasteiger partial charge is 0.338 e. The Balaban J connectivity index is 1.35. The molecular weight excluding hydrogens is 460 g/mol. The predicted octanol–water partition coefficient (Wildman–Crippen LogP) is 4.29. The molecule has 4 rings (SSSR count). The zero-order chi connectivity index (χ0) is 23.4. The number of ether oxygens (including phenoxy) is 1. The Labute approximate surface area is 196 Å². The number of esters is 1. The minimum atomic E-state index is -3.67. The van der Waals surface area contributed by atoms with Crippen LogP contribution in [-0.4, -0.2) is 26.4 Å². The maximum Gasteiger partial charge on any atom is 0.338 e. The van der Waals surface area contributed by atoms with Crippen LogP contribution < -0.4 is 10.0 Å². The van der Waals surface area contributed by atoms with Gasteiger partial charge in [-0.05, 0) is 73.0 Å². The molecule has 0 spiro atoms. The molecule has 1 aromatic heterocycles. The third-order valence-electron chi connectivity index (χ3n) is 5.47. The number of nitrogens with one attached hydrogen (secondary N) is 2. The molecule has 0 radical (unpaired) electrons. The number of aryl methyl sites for hydroxylation is 1. The first-order chi connectivity index (χ1) is 15.8. The van der Waals surface area contributed by atoms with Gasteiger partial charge in [0.25, 0.3) is 15.9 Å². The van der Waals surface area contributed by atoms with Crippen molar-refractivity contribution >= 4 is 38.9 Å². The van der Waals surface area contributed by atoms with Gasteiger partial charge in [0, 0.05) is 5.69 Å². The van der Waals surface area contributed by atoms with Crippen LogP contribution in [0.15, 0.2) is 70.3 Å². The number of hydrogen-bond acceptors (Lipinski definition) is 6. The molecule has 1 amide bonds. The molecular formula is C24H24N2O5S2. The van der Waals surface area contributed by atoms with Gasteiger partial charge in [0.2, 0.25) is 0 Å². The molecule has 33 heavy (non-hydrogen) atoms. The summed E-state index contributed by atoms with van der Waals surface area (Å²) in [6.07, 6.45) is 1.85. The van der Waals surface area contributed by atoms with Gasteiger partial charge < -0.3 is 10.1 Å². The van der Waals surface area contributed by atoms with E-state index in [0.717, 1.165) is 36.2 Å². The molecule has 1 heterocycles. The van der Waals surface area contributed by atoms with E-state index in [0.29, 0.717) is 5.69 Å². The van der Waals surface area contributed by atoms with Crippen LogP contribution in [0.3, 0.4) is 0 Å². The highest BCUT2D eigenvalue weighted by Gasteiger charge is 2.25. The summed E-state index contributed by atoms with van der Waals surface area (Å²) in [5.74, 6) is -1.01. The lowest BCUT2D eigenvalue weighted by Crippen LogP contribution is -2.39. The molecule has 3 aromatic rings. The molecule has 172 valence electrons. The molecule has 9 heteroatoms. The largest absolute Gasteiger partial charge is 0.449 e. The second kappa shape index (κ2) is 9.76. The van der Waals surface area contributed by atoms with Gasteiger partial charge in [0.05, 0.1) is 11.6 Å². The Hall–Kier alpha value is -3.17. The Morgan fingerprint density at radius 3 is 2.55 bits per heavy atom. The summed E-state index contributed by atoms with van der Waals surface area (Å²) in [6.45, 7) is 1.53. The monoisotopic (exact) mass is 484 g/mol. The second-order valence-electron chi connectivity index (χ2n) is 7.81. The molecule has 1 aliphatic carbocycles. The zero-order valence-corrected chi connectivity index (χ0v) is 19.6. The van der Waals surface area contributed by atoms with Gasteiger partial charge in [-0.1, -0.05) is 30.3 Å². The van der Waals surface area contributed by atoms with E-state index in [1.165, 1.54) is 42.8 Å². The van der Waals surface area contributed by atoms with E-state index in [1.807, 2.05) is 18.2 Å². The van der Waals surface area contributed by atoms with E-state index in [1.54, 1.807) is 11.4 Å². The molecule has 2 N–H and O–H groups in total. The third-order valence-corrected chi connectivity index (χ3v) is 8.25. The number of thiophene rings is 1. The van der Waals surface area contributed by atoms with Crippen molar-refractivity contribution in [1.82, 2.24) is 5.32 Å². The van der Waals surface area contributed by atoms with E-state index in [2.05, 4.69) is 16.1 Å². The highest BCUT2D eigenvalue weighted by Crippen LogP contribution is 2.29. The average molecular weight is 485 g/mol. The summed E-state index contributed by atoms with van der Waals surface area (Å²) in [6, 6.07) is 17.0. The van der Waals surface area contributed by atoms with E-state index >= 15 is 0 Å². The zero-order valence-electron chi connectivity index (χ0n) is 18.0. The van der Waals surface area contributed by atoms with E-state index in [4.69, 9.17) is 4.74 Å². The highest BCUT2D eigenvalue weighted by atomic mass is 32.2. The minimum absolute atomic E-state index is 0.0979. The van der Waals surface area contributed by atoms with Crippen LogP contribution in [0.4, 0.5) is 5.69 Å². The topological polar surface area (TPSA) is 102 Å². The molecule has 0 fully saturated rings. The first-order valence-corrected chi connectivity index (χ1v) is 13.0. The molecule has 2 atom stereocenters. The molecule has 1 aliphatic rings. The van der Waals surface area contributed by atoms with Crippen LogP contribution >= 0.6 is 11.3 Å². The maximum atomic E-state index is 12.6. The van der Waals surface area contributed by atoms with Crippen molar-refractivity contribution in [2.45, 2.75) is 42.5 Å². The summed E-state index contributed by atoms with van der Waals surface area (Å²) in [5.41, 5.74) is 2.88. The van der Waals surface area contributed by atoms with Gasteiger partial charge in [-0.3, -0.25) is 9.52 Å². The van der Waals surface area contributed by atoms with Gasteiger partial charge in [-0.2, -0.15) is 0 Å². The van der Waals surface area contributed by atoms with Gasteiger partial charge in [0.15, 0.2) is 6.10 Å². The number of carbonyl (C=O) groups is 2. The van der Waals surface area contributed by atoms with E-state index in [9.17, 15) is 18.0 Å². The fourth-order valence-corrected chi connectivity index (χ4v) is 5.82. The number of rotatable bonds is 7. The van der Waals surface area contributed by atoms with Crippen LogP contribution in [-0.2, 0) is 26.0 Å². The standard InChI is InChI=1S/C24H24N2O5S2/c1-16(23(27)25-21-9-4-7-17-6-2-3-8-20(17)21)31-24(28)18-11-13-19(14-12-18)26-33(29,30)22-10-5-15-32-22/h2-3,5-6,8,10-16,21,26H,4,7,9H2,1H3,(H,25,27)/t16-,21-/m1/s1. The van der Waals surface area contributed by atoms with Gasteiger partial charge in [-0.15, -0.1) is 11.3 Å². The van der Waals surface area contributed by atoms with Crippen LogP contribution in [0, 0.1) is 0 Å². The Morgan fingerprint density at radius 2 is 1.82 bits per heavy atom. The Morgan fingerprint density at radius 1 is 1.06 bits per heavy atom. The lowest BCUT2D eigenvalue weighted by molar-refractivity contribution is -0.130. The first kappa shape index (κ1) is 23.0. The lowest BCUT2D eigenvalue weighted by Gasteiger charge is -2.27. The fraction of sp³-hybridized carbons (Fsp3) is 0.250. The van der Waals surface area contributed by atoms with E-state index < -0.39 is 22.1 Å². The summed E-state index contributed by atoms with van der Waals surface area (Å²) in [7, 11) is -3.67. The van der Waals surface area contributed by atoms with Crippen molar-refractivity contribution in [2.75, 3.05) is 4.72 Å². The summed E-state index contributed by atoms with van der Waals surface area (Å²) in [4.78, 5) is 25.1. The Bertz CT molecular complexity index is 1240. The van der Waals surface area contributed by atoms with Crippen LogP contribution in [0.2, 0.25) is 0 Å². The minimum Gasteiger partial charge on any atom is -0.449 e. The van der Waals surface area contributed by atoms with Crippen LogP contribution in [0.1, 0.15) is 47.3 Å². The predicted molar refractivity (Wildman–Crippen MR) is 127 cm³/mol. The van der Waals surface area contributed by atoms with Crippen molar-refractivity contribution in [2.24, 2.45) is 0 Å². The quantitative estimate of drug-likeness (QED) is 0.487. The molecule has 0 aliphatic heterocycles. The molecule has 0 saturated heterocycles. The van der Waals surface area contributed by atoms with Gasteiger partial charge in [0.1, 0.15) is 4.21 Å². The number of fused-ring (bicyclic) bond motifs is 1. The Kier molecular flexibility index (Phi) is 6.80. The molecule has 0 saturated carbocycles. The number of amides is 1.